The van der Waals surface area contributed by atoms with Crippen molar-refractivity contribution in [2.24, 2.45) is 11.8 Å². The average Bonchev–Trinajstić information content (AvgIpc) is 2.27. The van der Waals surface area contributed by atoms with Crippen molar-refractivity contribution in [3.63, 3.8) is 0 Å². The minimum atomic E-state index is 0.776. The monoisotopic (exact) mass is 239 g/mol. The highest BCUT2D eigenvalue weighted by atomic mass is 14.9. The molecule has 1 aliphatic rings. The quantitative estimate of drug-likeness (QED) is 0.704. The smallest absolute Gasteiger partial charge is 0.0121 e. The molecule has 102 valence electrons. The van der Waals surface area contributed by atoms with Crippen LogP contribution in [0.4, 0.5) is 0 Å². The van der Waals surface area contributed by atoms with E-state index in [1.54, 1.807) is 0 Å². The molecule has 17 heavy (non-hydrogen) atoms. The molecule has 0 aliphatic heterocycles. The molecular formula is C16H33N. The molecule has 1 nitrogen and oxygen atoms in total. The first-order valence-corrected chi connectivity index (χ1v) is 8.03. The first kappa shape index (κ1) is 15.0. The summed E-state index contributed by atoms with van der Waals surface area (Å²) in [6.45, 7) is 8.16. The fourth-order valence-corrected chi connectivity index (χ4v) is 3.55. The summed E-state index contributed by atoms with van der Waals surface area (Å²) in [5, 5.41) is 3.79. The Morgan fingerprint density at radius 1 is 1.00 bits per heavy atom. The number of hydrogen-bond donors (Lipinski definition) is 1. The fourth-order valence-electron chi connectivity index (χ4n) is 3.55. The van der Waals surface area contributed by atoms with Gasteiger partial charge in [0.1, 0.15) is 0 Å². The molecule has 0 saturated heterocycles. The van der Waals surface area contributed by atoms with Gasteiger partial charge in [-0.25, -0.2) is 0 Å². The highest BCUT2D eigenvalue weighted by Gasteiger charge is 2.25. The highest BCUT2D eigenvalue weighted by Crippen LogP contribution is 2.29. The zero-order valence-electron chi connectivity index (χ0n) is 12.3. The van der Waals surface area contributed by atoms with Crippen LogP contribution < -0.4 is 5.32 Å². The summed E-state index contributed by atoms with van der Waals surface area (Å²) >= 11 is 0. The van der Waals surface area contributed by atoms with Crippen molar-refractivity contribution in [3.05, 3.63) is 0 Å². The van der Waals surface area contributed by atoms with Crippen LogP contribution in [0, 0.1) is 11.8 Å². The lowest BCUT2D eigenvalue weighted by Gasteiger charge is -2.34. The molecule has 0 aromatic carbocycles. The van der Waals surface area contributed by atoms with Gasteiger partial charge in [-0.3, -0.25) is 0 Å². The maximum absolute atomic E-state index is 3.79. The van der Waals surface area contributed by atoms with E-state index in [1.165, 1.54) is 57.8 Å². The van der Waals surface area contributed by atoms with E-state index in [0.717, 1.165) is 24.4 Å². The lowest BCUT2D eigenvalue weighted by atomic mass is 9.79. The Morgan fingerprint density at radius 2 is 1.59 bits per heavy atom. The summed E-state index contributed by atoms with van der Waals surface area (Å²) < 4.78 is 0. The standard InChI is InChI=1S/C16H33N/c1-4-11-14(3)16(17-5-2)15-12-9-7-6-8-10-13-15/h14-17H,4-13H2,1-3H3. The SMILES string of the molecule is CCCC(C)C(NCC)C1CCCCCCC1. The molecule has 0 spiro atoms. The minimum absolute atomic E-state index is 0.776. The van der Waals surface area contributed by atoms with Gasteiger partial charge in [0, 0.05) is 6.04 Å². The van der Waals surface area contributed by atoms with E-state index >= 15 is 0 Å². The Balaban J connectivity index is 2.52. The van der Waals surface area contributed by atoms with Gasteiger partial charge in [0.05, 0.1) is 0 Å². The Hall–Kier alpha value is -0.0400. The molecule has 1 fully saturated rings. The van der Waals surface area contributed by atoms with E-state index in [9.17, 15) is 0 Å². The van der Waals surface area contributed by atoms with E-state index in [-0.39, 0.29) is 0 Å². The molecule has 0 aromatic rings. The van der Waals surface area contributed by atoms with Crippen molar-refractivity contribution in [3.8, 4) is 0 Å². The molecule has 2 atom stereocenters. The van der Waals surface area contributed by atoms with Gasteiger partial charge in [-0.2, -0.15) is 0 Å². The Labute approximate surface area is 109 Å². The lowest BCUT2D eigenvalue weighted by Crippen LogP contribution is -2.41. The Morgan fingerprint density at radius 3 is 2.12 bits per heavy atom. The molecule has 1 aliphatic carbocycles. The predicted molar refractivity (Wildman–Crippen MR) is 77.3 cm³/mol. The third-order valence-electron chi connectivity index (χ3n) is 4.45. The molecule has 0 radical (unpaired) electrons. The normalized spacial score (nSPS) is 22.8. The van der Waals surface area contributed by atoms with E-state index in [2.05, 4.69) is 26.1 Å². The molecule has 1 heteroatoms. The van der Waals surface area contributed by atoms with Crippen LogP contribution in [0.15, 0.2) is 0 Å². The summed E-state index contributed by atoms with van der Waals surface area (Å²) in [7, 11) is 0. The molecule has 0 heterocycles. The minimum Gasteiger partial charge on any atom is -0.314 e. The van der Waals surface area contributed by atoms with Crippen LogP contribution in [0.25, 0.3) is 0 Å². The zero-order valence-corrected chi connectivity index (χ0v) is 12.3. The maximum atomic E-state index is 3.79. The molecule has 1 N–H and O–H groups in total. The second kappa shape index (κ2) is 8.97. The van der Waals surface area contributed by atoms with Crippen LogP contribution in [0.1, 0.15) is 78.6 Å². The van der Waals surface area contributed by atoms with E-state index < -0.39 is 0 Å². The van der Waals surface area contributed by atoms with Crippen LogP contribution in [-0.2, 0) is 0 Å². The van der Waals surface area contributed by atoms with Crippen molar-refractivity contribution in [1.82, 2.24) is 5.32 Å². The maximum Gasteiger partial charge on any atom is 0.0121 e. The lowest BCUT2D eigenvalue weighted by molar-refractivity contribution is 0.221. The Kier molecular flexibility index (Phi) is 7.92. The van der Waals surface area contributed by atoms with Gasteiger partial charge in [-0.05, 0) is 37.6 Å². The van der Waals surface area contributed by atoms with Gasteiger partial charge in [0.2, 0.25) is 0 Å². The third kappa shape index (κ3) is 5.42. The molecule has 0 aromatic heterocycles. The van der Waals surface area contributed by atoms with Crippen molar-refractivity contribution in [2.45, 2.75) is 84.6 Å². The summed E-state index contributed by atoms with van der Waals surface area (Å²) in [4.78, 5) is 0. The van der Waals surface area contributed by atoms with E-state index in [4.69, 9.17) is 0 Å². The first-order chi connectivity index (χ1) is 8.29. The van der Waals surface area contributed by atoms with Crippen LogP contribution in [-0.4, -0.2) is 12.6 Å². The summed E-state index contributed by atoms with van der Waals surface area (Å²) in [6.07, 6.45) is 13.0. The molecule has 0 amide bonds. The largest absolute Gasteiger partial charge is 0.314 e. The van der Waals surface area contributed by atoms with Gasteiger partial charge in [0.15, 0.2) is 0 Å². The van der Waals surface area contributed by atoms with Gasteiger partial charge < -0.3 is 5.32 Å². The van der Waals surface area contributed by atoms with Gasteiger partial charge >= 0.3 is 0 Å². The molecular weight excluding hydrogens is 206 g/mol. The Bertz CT molecular complexity index is 170. The van der Waals surface area contributed by atoms with E-state index in [1.807, 2.05) is 0 Å². The summed E-state index contributed by atoms with van der Waals surface area (Å²) in [6, 6.07) is 0.776. The number of rotatable bonds is 6. The van der Waals surface area contributed by atoms with Crippen LogP contribution >= 0.6 is 0 Å². The summed E-state index contributed by atoms with van der Waals surface area (Å²) in [5.74, 6) is 1.79. The average molecular weight is 239 g/mol. The van der Waals surface area contributed by atoms with Gasteiger partial charge in [0.25, 0.3) is 0 Å². The predicted octanol–water partition coefficient (Wildman–Crippen LogP) is 4.76. The van der Waals surface area contributed by atoms with Gasteiger partial charge in [-0.15, -0.1) is 0 Å². The van der Waals surface area contributed by atoms with Crippen LogP contribution in [0.2, 0.25) is 0 Å². The first-order valence-electron chi connectivity index (χ1n) is 8.03. The van der Waals surface area contributed by atoms with Crippen molar-refractivity contribution < 1.29 is 0 Å². The van der Waals surface area contributed by atoms with Crippen molar-refractivity contribution in [2.75, 3.05) is 6.54 Å². The van der Waals surface area contributed by atoms with Crippen molar-refractivity contribution >= 4 is 0 Å². The molecule has 1 rings (SSSR count). The molecule has 0 bridgehead atoms. The number of nitrogens with one attached hydrogen (secondary N) is 1. The van der Waals surface area contributed by atoms with Crippen molar-refractivity contribution in [1.29, 1.82) is 0 Å². The molecule has 2 unspecified atom stereocenters. The highest BCUT2D eigenvalue weighted by molar-refractivity contribution is 4.81. The second-order valence-corrected chi connectivity index (χ2v) is 5.95. The second-order valence-electron chi connectivity index (χ2n) is 5.95. The van der Waals surface area contributed by atoms with Crippen LogP contribution in [0.3, 0.4) is 0 Å². The van der Waals surface area contributed by atoms with E-state index in [0.29, 0.717) is 0 Å². The third-order valence-corrected chi connectivity index (χ3v) is 4.45. The van der Waals surface area contributed by atoms with Crippen LogP contribution in [0.5, 0.6) is 0 Å². The fraction of sp³-hybridized carbons (Fsp3) is 1.00. The topological polar surface area (TPSA) is 12.0 Å². The zero-order chi connectivity index (χ0) is 12.5. The number of hydrogen-bond acceptors (Lipinski definition) is 1. The van der Waals surface area contributed by atoms with Gasteiger partial charge in [-0.1, -0.05) is 59.3 Å². The summed E-state index contributed by atoms with van der Waals surface area (Å²) in [5.41, 5.74) is 0. The molecule has 1 saturated carbocycles.